The molecule has 0 spiro atoms. The van der Waals surface area contributed by atoms with Crippen LogP contribution in [0.4, 0.5) is 0 Å². The van der Waals surface area contributed by atoms with Gasteiger partial charge >= 0.3 is 5.97 Å². The van der Waals surface area contributed by atoms with Crippen LogP contribution in [-0.2, 0) is 20.7 Å². The molecule has 1 atom stereocenters. The second kappa shape index (κ2) is 8.85. The molecule has 0 aliphatic heterocycles. The molecule has 1 aromatic heterocycles. The maximum atomic E-state index is 12.3. The molecule has 0 unspecified atom stereocenters. The van der Waals surface area contributed by atoms with Crippen molar-refractivity contribution in [3.05, 3.63) is 71.9 Å². The van der Waals surface area contributed by atoms with E-state index in [0.717, 1.165) is 16.5 Å². The van der Waals surface area contributed by atoms with Crippen LogP contribution in [-0.4, -0.2) is 42.5 Å². The first-order chi connectivity index (χ1) is 13.6. The first kappa shape index (κ1) is 19.2. The molecule has 1 heterocycles. The number of para-hydroxylation sites is 1. The highest BCUT2D eigenvalue weighted by Gasteiger charge is 2.23. The number of nitrogens with one attached hydrogen (secondary N) is 3. The number of H-pyrrole nitrogens is 1. The molecule has 0 aliphatic rings. The van der Waals surface area contributed by atoms with E-state index in [4.69, 9.17) is 4.74 Å². The molecule has 0 saturated heterocycles. The highest BCUT2D eigenvalue weighted by molar-refractivity contribution is 5.97. The van der Waals surface area contributed by atoms with Gasteiger partial charge in [0.2, 0.25) is 5.91 Å². The fourth-order valence-corrected chi connectivity index (χ4v) is 2.95. The fraction of sp³-hybridized carbons (Fsp3) is 0.190. The third-order valence-electron chi connectivity index (χ3n) is 4.37. The highest BCUT2D eigenvalue weighted by atomic mass is 16.5. The third-order valence-corrected chi connectivity index (χ3v) is 4.37. The van der Waals surface area contributed by atoms with Crippen LogP contribution < -0.4 is 10.6 Å². The zero-order chi connectivity index (χ0) is 19.9. The monoisotopic (exact) mass is 379 g/mol. The van der Waals surface area contributed by atoms with Crippen molar-refractivity contribution in [3.63, 3.8) is 0 Å². The summed E-state index contributed by atoms with van der Waals surface area (Å²) in [5.41, 5.74) is 2.29. The van der Waals surface area contributed by atoms with E-state index in [0.29, 0.717) is 5.56 Å². The van der Waals surface area contributed by atoms with Crippen LogP contribution in [0.1, 0.15) is 15.9 Å². The Bertz CT molecular complexity index is 981. The average Bonchev–Trinajstić information content (AvgIpc) is 3.14. The van der Waals surface area contributed by atoms with Crippen LogP contribution in [0.25, 0.3) is 10.9 Å². The highest BCUT2D eigenvalue weighted by Crippen LogP contribution is 2.19. The minimum atomic E-state index is -0.856. The predicted molar refractivity (Wildman–Crippen MR) is 105 cm³/mol. The molecule has 0 saturated carbocycles. The molecule has 0 fully saturated rings. The molecule has 3 aromatic rings. The number of methoxy groups -OCH3 is 1. The Morgan fingerprint density at radius 2 is 1.75 bits per heavy atom. The maximum absolute atomic E-state index is 12.3. The van der Waals surface area contributed by atoms with Crippen molar-refractivity contribution in [3.8, 4) is 0 Å². The molecule has 0 bridgehead atoms. The number of amides is 2. The lowest BCUT2D eigenvalue weighted by molar-refractivity contribution is -0.144. The number of aromatic nitrogens is 1. The summed E-state index contributed by atoms with van der Waals surface area (Å²) in [5.74, 6) is -1.38. The van der Waals surface area contributed by atoms with Gasteiger partial charge in [-0.2, -0.15) is 0 Å². The van der Waals surface area contributed by atoms with E-state index in [1.807, 2.05) is 30.5 Å². The largest absolute Gasteiger partial charge is 0.467 e. The summed E-state index contributed by atoms with van der Waals surface area (Å²) in [4.78, 5) is 39.6. The van der Waals surface area contributed by atoms with Crippen LogP contribution in [0.3, 0.4) is 0 Å². The Kier molecular flexibility index (Phi) is 6.06. The summed E-state index contributed by atoms with van der Waals surface area (Å²) in [7, 11) is 1.27. The van der Waals surface area contributed by atoms with E-state index >= 15 is 0 Å². The first-order valence-electron chi connectivity index (χ1n) is 8.84. The molecular weight excluding hydrogens is 358 g/mol. The number of esters is 1. The van der Waals surface area contributed by atoms with Gasteiger partial charge in [0.1, 0.15) is 6.04 Å². The van der Waals surface area contributed by atoms with Crippen molar-refractivity contribution in [2.24, 2.45) is 0 Å². The molecule has 7 nitrogen and oxygen atoms in total. The van der Waals surface area contributed by atoms with Crippen molar-refractivity contribution in [1.82, 2.24) is 15.6 Å². The van der Waals surface area contributed by atoms with Crippen LogP contribution in [0.5, 0.6) is 0 Å². The number of hydrogen-bond acceptors (Lipinski definition) is 4. The van der Waals surface area contributed by atoms with Crippen molar-refractivity contribution in [1.29, 1.82) is 0 Å². The number of carbonyl (C=O) groups excluding carboxylic acids is 3. The van der Waals surface area contributed by atoms with Crippen LogP contribution in [0.2, 0.25) is 0 Å². The molecule has 3 N–H and O–H groups in total. The number of aromatic amines is 1. The summed E-state index contributed by atoms with van der Waals surface area (Å²) < 4.78 is 4.82. The second-order valence-electron chi connectivity index (χ2n) is 6.26. The summed E-state index contributed by atoms with van der Waals surface area (Å²) in [6.07, 6.45) is 2.08. The fourth-order valence-electron chi connectivity index (χ4n) is 2.95. The van der Waals surface area contributed by atoms with Crippen molar-refractivity contribution >= 4 is 28.7 Å². The normalized spacial score (nSPS) is 11.6. The first-order valence-corrected chi connectivity index (χ1v) is 8.84. The van der Waals surface area contributed by atoms with Gasteiger partial charge in [0.15, 0.2) is 0 Å². The van der Waals surface area contributed by atoms with Gasteiger partial charge in [0, 0.05) is 29.1 Å². The Morgan fingerprint density at radius 3 is 2.50 bits per heavy atom. The van der Waals surface area contributed by atoms with Crippen molar-refractivity contribution in [2.45, 2.75) is 12.5 Å². The van der Waals surface area contributed by atoms with Gasteiger partial charge in [-0.3, -0.25) is 9.59 Å². The van der Waals surface area contributed by atoms with Gasteiger partial charge in [0.25, 0.3) is 5.91 Å². The Morgan fingerprint density at radius 1 is 1.04 bits per heavy atom. The second-order valence-corrected chi connectivity index (χ2v) is 6.26. The van der Waals surface area contributed by atoms with Gasteiger partial charge in [-0.05, 0) is 23.8 Å². The lowest BCUT2D eigenvalue weighted by Crippen LogP contribution is -2.47. The summed E-state index contributed by atoms with van der Waals surface area (Å²) >= 11 is 0. The molecule has 28 heavy (non-hydrogen) atoms. The van der Waals surface area contributed by atoms with Gasteiger partial charge < -0.3 is 20.4 Å². The van der Waals surface area contributed by atoms with Crippen LogP contribution in [0.15, 0.2) is 60.8 Å². The Balaban J connectivity index is 1.63. The number of hydrogen-bond donors (Lipinski definition) is 3. The number of benzene rings is 2. The van der Waals surface area contributed by atoms with Gasteiger partial charge in [-0.15, -0.1) is 0 Å². The molecule has 2 aromatic carbocycles. The van der Waals surface area contributed by atoms with Crippen LogP contribution >= 0.6 is 0 Å². The van der Waals surface area contributed by atoms with Gasteiger partial charge in [-0.25, -0.2) is 4.79 Å². The smallest absolute Gasteiger partial charge is 0.328 e. The standard InChI is InChI=1S/C21H21N3O4/c1-28-21(27)18(11-15-12-22-17-10-6-5-9-16(15)17)24-19(25)13-23-20(26)14-7-3-2-4-8-14/h2-10,12,18,22H,11,13H2,1H3,(H,23,26)(H,24,25)/t18-/m1/s1. The van der Waals surface area contributed by atoms with E-state index in [9.17, 15) is 14.4 Å². The van der Waals surface area contributed by atoms with E-state index < -0.39 is 17.9 Å². The third kappa shape index (κ3) is 4.56. The Hall–Kier alpha value is -3.61. The Labute approximate surface area is 162 Å². The minimum Gasteiger partial charge on any atom is -0.467 e. The molecule has 2 amide bonds. The molecule has 7 heteroatoms. The summed E-state index contributed by atoms with van der Waals surface area (Å²) in [5, 5.41) is 6.15. The number of carbonyl (C=O) groups is 3. The van der Waals surface area contributed by atoms with Crippen molar-refractivity contribution < 1.29 is 19.1 Å². The zero-order valence-electron chi connectivity index (χ0n) is 15.4. The molecule has 0 aliphatic carbocycles. The SMILES string of the molecule is COC(=O)[C@@H](Cc1c[nH]c2ccccc12)NC(=O)CNC(=O)c1ccccc1. The van der Waals surface area contributed by atoms with Crippen LogP contribution in [0, 0.1) is 0 Å². The van der Waals surface area contributed by atoms with Gasteiger partial charge in [-0.1, -0.05) is 36.4 Å². The maximum Gasteiger partial charge on any atom is 0.328 e. The number of fused-ring (bicyclic) bond motifs is 1. The lowest BCUT2D eigenvalue weighted by atomic mass is 10.0. The summed E-state index contributed by atoms with van der Waals surface area (Å²) in [6.45, 7) is -0.241. The average molecular weight is 379 g/mol. The quantitative estimate of drug-likeness (QED) is 0.545. The predicted octanol–water partition coefficient (Wildman–Crippen LogP) is 1.80. The minimum absolute atomic E-state index is 0.241. The topological polar surface area (TPSA) is 100 Å². The molecule has 3 rings (SSSR count). The summed E-state index contributed by atoms with van der Waals surface area (Å²) in [6, 6.07) is 15.4. The number of ether oxygens (including phenoxy) is 1. The lowest BCUT2D eigenvalue weighted by Gasteiger charge is -2.16. The molecular formula is C21H21N3O4. The van der Waals surface area contributed by atoms with E-state index in [1.165, 1.54) is 7.11 Å². The number of rotatable bonds is 7. The van der Waals surface area contributed by atoms with Crippen molar-refractivity contribution in [2.75, 3.05) is 13.7 Å². The van der Waals surface area contributed by atoms with Gasteiger partial charge in [0.05, 0.1) is 13.7 Å². The van der Waals surface area contributed by atoms with E-state index in [2.05, 4.69) is 15.6 Å². The van der Waals surface area contributed by atoms with E-state index in [1.54, 1.807) is 30.3 Å². The zero-order valence-corrected chi connectivity index (χ0v) is 15.4. The van der Waals surface area contributed by atoms with E-state index in [-0.39, 0.29) is 18.9 Å². The molecule has 144 valence electrons. The molecule has 0 radical (unpaired) electrons.